The van der Waals surface area contributed by atoms with Gasteiger partial charge in [0.05, 0.1) is 6.04 Å². The van der Waals surface area contributed by atoms with Gasteiger partial charge in [0.1, 0.15) is 0 Å². The average Bonchev–Trinajstić information content (AvgIpc) is 2.25. The van der Waals surface area contributed by atoms with E-state index in [1.54, 1.807) is 6.08 Å². The van der Waals surface area contributed by atoms with Gasteiger partial charge in [0, 0.05) is 6.54 Å². The van der Waals surface area contributed by atoms with Crippen LogP contribution in [0.5, 0.6) is 0 Å². The highest BCUT2D eigenvalue weighted by atomic mass is 16.2. The van der Waals surface area contributed by atoms with Crippen LogP contribution < -0.4 is 10.6 Å². The van der Waals surface area contributed by atoms with Crippen molar-refractivity contribution in [1.82, 2.24) is 10.6 Å². The minimum Gasteiger partial charge on any atom is -0.351 e. The summed E-state index contributed by atoms with van der Waals surface area (Å²) >= 11 is 0. The Balaban J connectivity index is 3.42. The Labute approximate surface area is 93.3 Å². The molecule has 0 saturated carbocycles. The number of unbranched alkanes of at least 4 members (excludes halogenated alkanes) is 3. The summed E-state index contributed by atoms with van der Waals surface area (Å²) in [4.78, 5) is 11.4. The molecule has 0 saturated heterocycles. The lowest BCUT2D eigenvalue weighted by atomic mass is 10.2. The minimum absolute atomic E-state index is 0.0467. The van der Waals surface area contributed by atoms with Gasteiger partial charge in [0.15, 0.2) is 0 Å². The molecule has 0 aromatic carbocycles. The van der Waals surface area contributed by atoms with Crippen molar-refractivity contribution in [1.29, 1.82) is 0 Å². The zero-order valence-electron chi connectivity index (χ0n) is 10.0. The van der Waals surface area contributed by atoms with Gasteiger partial charge >= 0.3 is 0 Å². The van der Waals surface area contributed by atoms with E-state index in [-0.39, 0.29) is 11.9 Å². The summed E-state index contributed by atoms with van der Waals surface area (Å²) in [5, 5.41) is 5.97. The maximum atomic E-state index is 11.4. The third-order valence-corrected chi connectivity index (χ3v) is 2.29. The van der Waals surface area contributed by atoms with Crippen LogP contribution in [-0.2, 0) is 4.79 Å². The lowest BCUT2D eigenvalue weighted by molar-refractivity contribution is -0.122. The first kappa shape index (κ1) is 14.2. The van der Waals surface area contributed by atoms with E-state index < -0.39 is 0 Å². The van der Waals surface area contributed by atoms with Crippen molar-refractivity contribution in [3.05, 3.63) is 12.7 Å². The second-order valence-electron chi connectivity index (χ2n) is 3.77. The molecule has 0 heterocycles. The van der Waals surface area contributed by atoms with Gasteiger partial charge in [-0.3, -0.25) is 4.79 Å². The predicted octanol–water partition coefficient (Wildman–Crippen LogP) is 1.85. The Kier molecular flexibility index (Phi) is 9.18. The highest BCUT2D eigenvalue weighted by Crippen LogP contribution is 1.97. The Bertz CT molecular complexity index is 180. The van der Waals surface area contributed by atoms with Crippen LogP contribution in [0, 0.1) is 0 Å². The van der Waals surface area contributed by atoms with Crippen molar-refractivity contribution in [2.75, 3.05) is 13.1 Å². The normalized spacial score (nSPS) is 12.1. The van der Waals surface area contributed by atoms with Crippen molar-refractivity contribution in [3.63, 3.8) is 0 Å². The zero-order chi connectivity index (χ0) is 11.5. The fraction of sp³-hybridized carbons (Fsp3) is 0.750. The lowest BCUT2D eigenvalue weighted by Crippen LogP contribution is -2.42. The van der Waals surface area contributed by atoms with Crippen LogP contribution in [0.4, 0.5) is 0 Å². The number of rotatable bonds is 9. The Morgan fingerprint density at radius 1 is 1.40 bits per heavy atom. The largest absolute Gasteiger partial charge is 0.351 e. The summed E-state index contributed by atoms with van der Waals surface area (Å²) in [7, 11) is 0. The topological polar surface area (TPSA) is 41.1 Å². The summed E-state index contributed by atoms with van der Waals surface area (Å²) < 4.78 is 0. The molecule has 0 aliphatic heterocycles. The molecule has 15 heavy (non-hydrogen) atoms. The molecule has 1 atom stereocenters. The molecule has 0 radical (unpaired) electrons. The molecular weight excluding hydrogens is 188 g/mol. The first-order valence-corrected chi connectivity index (χ1v) is 5.84. The number of nitrogens with one attached hydrogen (secondary N) is 2. The molecule has 2 N–H and O–H groups in total. The van der Waals surface area contributed by atoms with Crippen LogP contribution in [-0.4, -0.2) is 25.0 Å². The molecule has 1 unspecified atom stereocenters. The quantitative estimate of drug-likeness (QED) is 0.452. The van der Waals surface area contributed by atoms with Gasteiger partial charge in [-0.05, 0) is 19.9 Å². The molecule has 0 bridgehead atoms. The van der Waals surface area contributed by atoms with Gasteiger partial charge in [-0.15, -0.1) is 6.58 Å². The van der Waals surface area contributed by atoms with E-state index in [2.05, 4.69) is 24.1 Å². The molecule has 3 heteroatoms. The molecule has 0 aromatic rings. The molecule has 88 valence electrons. The van der Waals surface area contributed by atoms with Crippen LogP contribution in [0.15, 0.2) is 12.7 Å². The number of amides is 1. The second kappa shape index (κ2) is 9.71. The van der Waals surface area contributed by atoms with Crippen LogP contribution in [0.1, 0.15) is 39.5 Å². The van der Waals surface area contributed by atoms with Crippen molar-refractivity contribution in [2.45, 2.75) is 45.6 Å². The molecule has 0 aliphatic rings. The van der Waals surface area contributed by atoms with Gasteiger partial charge in [0.2, 0.25) is 5.91 Å². The minimum atomic E-state index is -0.105. The summed E-state index contributed by atoms with van der Waals surface area (Å²) in [5.74, 6) is 0.0467. The van der Waals surface area contributed by atoms with Gasteiger partial charge in [0.25, 0.3) is 0 Å². The van der Waals surface area contributed by atoms with Gasteiger partial charge in [-0.25, -0.2) is 0 Å². The van der Waals surface area contributed by atoms with Crippen LogP contribution in [0.3, 0.4) is 0 Å². The maximum Gasteiger partial charge on any atom is 0.237 e. The fourth-order valence-electron chi connectivity index (χ4n) is 1.29. The van der Waals surface area contributed by atoms with Gasteiger partial charge < -0.3 is 10.6 Å². The van der Waals surface area contributed by atoms with E-state index >= 15 is 0 Å². The zero-order valence-corrected chi connectivity index (χ0v) is 10.0. The highest BCUT2D eigenvalue weighted by molar-refractivity contribution is 5.81. The molecule has 0 spiro atoms. The van der Waals surface area contributed by atoms with E-state index in [1.807, 2.05) is 6.92 Å². The van der Waals surface area contributed by atoms with Crippen molar-refractivity contribution < 1.29 is 4.79 Å². The SMILES string of the molecule is C=CCNC(=O)C(C)NCCCCCC. The average molecular weight is 212 g/mol. The summed E-state index contributed by atoms with van der Waals surface area (Å²) in [5.41, 5.74) is 0. The smallest absolute Gasteiger partial charge is 0.237 e. The van der Waals surface area contributed by atoms with Crippen LogP contribution in [0.25, 0.3) is 0 Å². The van der Waals surface area contributed by atoms with Crippen molar-refractivity contribution in [2.24, 2.45) is 0 Å². The monoisotopic (exact) mass is 212 g/mol. The van der Waals surface area contributed by atoms with Gasteiger partial charge in [-0.1, -0.05) is 32.3 Å². The molecular formula is C12H24N2O. The number of hydrogen-bond acceptors (Lipinski definition) is 2. The maximum absolute atomic E-state index is 11.4. The van der Waals surface area contributed by atoms with Crippen molar-refractivity contribution in [3.8, 4) is 0 Å². The van der Waals surface area contributed by atoms with E-state index in [1.165, 1.54) is 19.3 Å². The number of carbonyl (C=O) groups is 1. The number of hydrogen-bond donors (Lipinski definition) is 2. The Morgan fingerprint density at radius 2 is 2.13 bits per heavy atom. The predicted molar refractivity (Wildman–Crippen MR) is 64.8 cm³/mol. The van der Waals surface area contributed by atoms with E-state index in [0.717, 1.165) is 13.0 Å². The standard InChI is InChI=1S/C12H24N2O/c1-4-6-7-8-10-13-11(3)12(15)14-9-5-2/h5,11,13H,2,4,6-10H2,1,3H3,(H,14,15). The summed E-state index contributed by atoms with van der Waals surface area (Å²) in [6, 6.07) is -0.105. The number of carbonyl (C=O) groups excluding carboxylic acids is 1. The Hall–Kier alpha value is -0.830. The van der Waals surface area contributed by atoms with E-state index in [9.17, 15) is 4.79 Å². The fourth-order valence-corrected chi connectivity index (χ4v) is 1.29. The molecule has 3 nitrogen and oxygen atoms in total. The second-order valence-corrected chi connectivity index (χ2v) is 3.77. The van der Waals surface area contributed by atoms with E-state index in [0.29, 0.717) is 6.54 Å². The first-order chi connectivity index (χ1) is 7.22. The molecule has 0 aliphatic carbocycles. The van der Waals surface area contributed by atoms with Gasteiger partial charge in [-0.2, -0.15) is 0 Å². The molecule has 1 amide bonds. The van der Waals surface area contributed by atoms with E-state index in [4.69, 9.17) is 0 Å². The molecule has 0 fully saturated rings. The molecule has 0 rings (SSSR count). The van der Waals surface area contributed by atoms with Crippen LogP contribution in [0.2, 0.25) is 0 Å². The Morgan fingerprint density at radius 3 is 2.73 bits per heavy atom. The third kappa shape index (κ3) is 8.18. The summed E-state index contributed by atoms with van der Waals surface area (Å²) in [6.07, 6.45) is 6.59. The third-order valence-electron chi connectivity index (χ3n) is 2.29. The highest BCUT2D eigenvalue weighted by Gasteiger charge is 2.09. The van der Waals surface area contributed by atoms with Crippen LogP contribution >= 0.6 is 0 Å². The lowest BCUT2D eigenvalue weighted by Gasteiger charge is -2.12. The summed E-state index contributed by atoms with van der Waals surface area (Å²) in [6.45, 7) is 9.09. The molecule has 0 aromatic heterocycles. The van der Waals surface area contributed by atoms with Crippen molar-refractivity contribution >= 4 is 5.91 Å². The first-order valence-electron chi connectivity index (χ1n) is 5.84.